The van der Waals surface area contributed by atoms with Gasteiger partial charge in [-0.1, -0.05) is 35.3 Å². The number of hydrogen-bond donors (Lipinski definition) is 0. The first-order chi connectivity index (χ1) is 11.5. The number of carbonyl (C=O) groups is 1. The summed E-state index contributed by atoms with van der Waals surface area (Å²) in [6, 6.07) is 8.80. The first-order valence-corrected chi connectivity index (χ1v) is 7.89. The van der Waals surface area contributed by atoms with Crippen molar-refractivity contribution in [2.45, 2.75) is 6.61 Å². The molecular formula is C18H14Cl2O4. The maximum absolute atomic E-state index is 12.3. The van der Waals surface area contributed by atoms with Crippen LogP contribution in [0.5, 0.6) is 11.5 Å². The lowest BCUT2D eigenvalue weighted by Gasteiger charge is -2.21. The monoisotopic (exact) mass is 364 g/mol. The summed E-state index contributed by atoms with van der Waals surface area (Å²) in [5.41, 5.74) is 2.58. The molecule has 3 rings (SSSR count). The van der Waals surface area contributed by atoms with Gasteiger partial charge in [-0.05, 0) is 35.4 Å². The van der Waals surface area contributed by atoms with E-state index in [1.54, 1.807) is 50.6 Å². The molecule has 0 saturated carbocycles. The summed E-state index contributed by atoms with van der Waals surface area (Å²) < 4.78 is 15.9. The Bertz CT molecular complexity index is 843. The van der Waals surface area contributed by atoms with Crippen LogP contribution in [0.2, 0.25) is 10.0 Å². The van der Waals surface area contributed by atoms with Gasteiger partial charge in [0, 0.05) is 5.56 Å². The molecule has 2 aromatic carbocycles. The molecule has 1 aliphatic heterocycles. The second-order valence-electron chi connectivity index (χ2n) is 5.14. The number of carbonyl (C=O) groups excluding carboxylic acids is 1. The minimum absolute atomic E-state index is 0.176. The van der Waals surface area contributed by atoms with Gasteiger partial charge < -0.3 is 14.2 Å². The standard InChI is InChI=1S/C18H14Cl2O4/c1-22-15-7-11-9-24-18(21)13(12(11)8-16(15)23-2)6-10-4-3-5-14(19)17(10)20/h3-8H,9H2,1-2H3. The Morgan fingerprint density at radius 2 is 1.83 bits per heavy atom. The Balaban J connectivity index is 2.18. The van der Waals surface area contributed by atoms with Gasteiger partial charge in [0.25, 0.3) is 0 Å². The van der Waals surface area contributed by atoms with E-state index in [9.17, 15) is 4.79 Å². The van der Waals surface area contributed by atoms with Crippen LogP contribution < -0.4 is 9.47 Å². The van der Waals surface area contributed by atoms with Crippen molar-refractivity contribution >= 4 is 40.8 Å². The van der Waals surface area contributed by atoms with Crippen molar-refractivity contribution in [1.82, 2.24) is 0 Å². The third-order valence-corrected chi connectivity index (χ3v) is 4.59. The summed E-state index contributed by atoms with van der Waals surface area (Å²) in [4.78, 5) is 12.3. The number of ether oxygens (including phenoxy) is 3. The first-order valence-electron chi connectivity index (χ1n) is 7.13. The van der Waals surface area contributed by atoms with Gasteiger partial charge in [-0.25, -0.2) is 4.79 Å². The maximum Gasteiger partial charge on any atom is 0.339 e. The third kappa shape index (κ3) is 2.95. The maximum atomic E-state index is 12.3. The molecule has 1 aliphatic rings. The Morgan fingerprint density at radius 1 is 1.12 bits per heavy atom. The largest absolute Gasteiger partial charge is 0.493 e. The normalized spacial score (nSPS) is 15.0. The highest BCUT2D eigenvalue weighted by molar-refractivity contribution is 6.43. The second kappa shape index (κ2) is 6.75. The molecular weight excluding hydrogens is 351 g/mol. The molecule has 0 spiro atoms. The lowest BCUT2D eigenvalue weighted by molar-refractivity contribution is -0.138. The van der Waals surface area contributed by atoms with E-state index < -0.39 is 5.97 Å². The van der Waals surface area contributed by atoms with Crippen molar-refractivity contribution in [1.29, 1.82) is 0 Å². The van der Waals surface area contributed by atoms with E-state index in [0.717, 1.165) is 11.1 Å². The Morgan fingerprint density at radius 3 is 2.54 bits per heavy atom. The van der Waals surface area contributed by atoms with Gasteiger partial charge in [0.15, 0.2) is 11.5 Å². The fourth-order valence-electron chi connectivity index (χ4n) is 2.55. The molecule has 0 saturated heterocycles. The lowest BCUT2D eigenvalue weighted by atomic mass is 9.95. The van der Waals surface area contributed by atoms with Gasteiger partial charge in [-0.15, -0.1) is 0 Å². The molecule has 0 radical (unpaired) electrons. The summed E-state index contributed by atoms with van der Waals surface area (Å²) in [6.45, 7) is 0.176. The average molecular weight is 365 g/mol. The predicted octanol–water partition coefficient (Wildman–Crippen LogP) is 4.61. The van der Waals surface area contributed by atoms with Crippen molar-refractivity contribution in [3.8, 4) is 11.5 Å². The van der Waals surface area contributed by atoms with Crippen LogP contribution in [0, 0.1) is 0 Å². The summed E-state index contributed by atoms with van der Waals surface area (Å²) in [7, 11) is 3.10. The van der Waals surface area contributed by atoms with Crippen LogP contribution >= 0.6 is 23.2 Å². The van der Waals surface area contributed by atoms with Crippen molar-refractivity contribution in [2.24, 2.45) is 0 Å². The van der Waals surface area contributed by atoms with Crippen LogP contribution in [-0.2, 0) is 16.1 Å². The van der Waals surface area contributed by atoms with Gasteiger partial charge in [0.2, 0.25) is 0 Å². The number of benzene rings is 2. The number of methoxy groups -OCH3 is 2. The molecule has 24 heavy (non-hydrogen) atoms. The molecule has 0 aliphatic carbocycles. The zero-order valence-corrected chi connectivity index (χ0v) is 14.6. The molecule has 4 nitrogen and oxygen atoms in total. The summed E-state index contributed by atoms with van der Waals surface area (Å²) >= 11 is 12.3. The SMILES string of the molecule is COc1cc2c(cc1OC)C(=Cc1cccc(Cl)c1Cl)C(=O)OC2. The highest BCUT2D eigenvalue weighted by atomic mass is 35.5. The predicted molar refractivity (Wildman–Crippen MR) is 93.7 cm³/mol. The van der Waals surface area contributed by atoms with Crippen LogP contribution in [0.1, 0.15) is 16.7 Å². The van der Waals surface area contributed by atoms with E-state index >= 15 is 0 Å². The van der Waals surface area contributed by atoms with Crippen LogP contribution in [0.15, 0.2) is 30.3 Å². The fourth-order valence-corrected chi connectivity index (χ4v) is 2.91. The zero-order valence-electron chi connectivity index (χ0n) is 13.1. The van der Waals surface area contributed by atoms with E-state index in [-0.39, 0.29) is 6.61 Å². The molecule has 1 heterocycles. The van der Waals surface area contributed by atoms with E-state index in [0.29, 0.717) is 32.7 Å². The Hall–Kier alpha value is -2.17. The third-order valence-electron chi connectivity index (χ3n) is 3.76. The minimum Gasteiger partial charge on any atom is -0.493 e. The molecule has 0 N–H and O–H groups in total. The highest BCUT2D eigenvalue weighted by Crippen LogP contribution is 2.38. The van der Waals surface area contributed by atoms with E-state index in [1.165, 1.54) is 0 Å². The van der Waals surface area contributed by atoms with Crippen LogP contribution in [0.3, 0.4) is 0 Å². The molecule has 0 aromatic heterocycles. The molecule has 0 unspecified atom stereocenters. The average Bonchev–Trinajstić information content (AvgIpc) is 2.60. The number of fused-ring (bicyclic) bond motifs is 1. The highest BCUT2D eigenvalue weighted by Gasteiger charge is 2.25. The van der Waals surface area contributed by atoms with Gasteiger partial charge >= 0.3 is 5.97 Å². The number of hydrogen-bond acceptors (Lipinski definition) is 4. The number of halogens is 2. The van der Waals surface area contributed by atoms with Gasteiger partial charge in [-0.3, -0.25) is 0 Å². The van der Waals surface area contributed by atoms with Crippen molar-refractivity contribution < 1.29 is 19.0 Å². The second-order valence-corrected chi connectivity index (χ2v) is 5.93. The minimum atomic E-state index is -0.425. The Labute approximate surface area is 149 Å². The fraction of sp³-hybridized carbons (Fsp3) is 0.167. The summed E-state index contributed by atoms with van der Waals surface area (Å²) in [5, 5.41) is 0.801. The van der Waals surface area contributed by atoms with Crippen molar-refractivity contribution in [3.63, 3.8) is 0 Å². The van der Waals surface area contributed by atoms with Crippen molar-refractivity contribution in [3.05, 3.63) is 57.1 Å². The number of esters is 1. The van der Waals surface area contributed by atoms with E-state index in [2.05, 4.69) is 0 Å². The first kappa shape index (κ1) is 16.7. The molecule has 124 valence electrons. The quantitative estimate of drug-likeness (QED) is 0.589. The molecule has 0 bridgehead atoms. The van der Waals surface area contributed by atoms with Gasteiger partial charge in [0.05, 0.1) is 29.8 Å². The molecule has 6 heteroatoms. The smallest absolute Gasteiger partial charge is 0.339 e. The van der Waals surface area contributed by atoms with Crippen molar-refractivity contribution in [2.75, 3.05) is 14.2 Å². The zero-order chi connectivity index (χ0) is 17.3. The molecule has 0 fully saturated rings. The van der Waals surface area contributed by atoms with Gasteiger partial charge in [0.1, 0.15) is 6.61 Å². The topological polar surface area (TPSA) is 44.8 Å². The van der Waals surface area contributed by atoms with Crippen LogP contribution in [0.4, 0.5) is 0 Å². The number of cyclic esters (lactones) is 1. The summed E-state index contributed by atoms with van der Waals surface area (Å²) in [6.07, 6.45) is 1.67. The van der Waals surface area contributed by atoms with Crippen LogP contribution in [0.25, 0.3) is 11.6 Å². The number of rotatable bonds is 3. The molecule has 2 aromatic rings. The van der Waals surface area contributed by atoms with Crippen LogP contribution in [-0.4, -0.2) is 20.2 Å². The van der Waals surface area contributed by atoms with E-state index in [1.807, 2.05) is 0 Å². The molecule has 0 atom stereocenters. The van der Waals surface area contributed by atoms with Gasteiger partial charge in [-0.2, -0.15) is 0 Å². The Kier molecular flexibility index (Phi) is 4.69. The summed E-state index contributed by atoms with van der Waals surface area (Å²) in [5.74, 6) is 0.689. The van der Waals surface area contributed by atoms with E-state index in [4.69, 9.17) is 37.4 Å². The lowest BCUT2D eigenvalue weighted by Crippen LogP contribution is -2.15. The molecule has 0 amide bonds.